The van der Waals surface area contributed by atoms with Crippen molar-refractivity contribution in [1.29, 1.82) is 0 Å². The summed E-state index contributed by atoms with van der Waals surface area (Å²) in [5, 5.41) is 21.0. The third kappa shape index (κ3) is 4.06. The lowest BCUT2D eigenvalue weighted by atomic mass is 10.2. The summed E-state index contributed by atoms with van der Waals surface area (Å²) in [7, 11) is 0. The summed E-state index contributed by atoms with van der Waals surface area (Å²) in [5.41, 5.74) is 0.959. The van der Waals surface area contributed by atoms with E-state index in [9.17, 15) is 9.90 Å². The largest absolute Gasteiger partial charge is 0.387 e. The third-order valence-electron chi connectivity index (χ3n) is 2.94. The van der Waals surface area contributed by atoms with Crippen LogP contribution < -0.4 is 10.9 Å². The highest BCUT2D eigenvalue weighted by Gasteiger charge is 2.12. The first-order valence-corrected chi connectivity index (χ1v) is 8.00. The molecular weight excluding hydrogens is 310 g/mol. The fraction of sp³-hybridized carbons (Fsp3) is 0.429. The summed E-state index contributed by atoms with van der Waals surface area (Å²) in [5.74, 6) is 0.311. The minimum atomic E-state index is -0.648. The Morgan fingerprint density at radius 1 is 1.52 bits per heavy atom. The van der Waals surface area contributed by atoms with Crippen LogP contribution in [0.1, 0.15) is 25.5 Å². The fourth-order valence-corrected chi connectivity index (χ4v) is 2.77. The Labute approximate surface area is 132 Å². The zero-order chi connectivity index (χ0) is 15.4. The first kappa shape index (κ1) is 16.0. The molecule has 0 aliphatic heterocycles. The molecule has 0 saturated heterocycles. The molecule has 1 unspecified atom stereocenters. The van der Waals surface area contributed by atoms with Crippen molar-refractivity contribution in [2.24, 2.45) is 5.92 Å². The second kappa shape index (κ2) is 7.06. The van der Waals surface area contributed by atoms with E-state index in [0.717, 1.165) is 5.56 Å². The Hall–Kier alpha value is -1.37. The van der Waals surface area contributed by atoms with Crippen molar-refractivity contribution in [3.8, 4) is 0 Å². The van der Waals surface area contributed by atoms with E-state index in [0.29, 0.717) is 18.2 Å². The van der Waals surface area contributed by atoms with Crippen molar-refractivity contribution in [2.45, 2.75) is 26.5 Å². The van der Waals surface area contributed by atoms with Gasteiger partial charge in [0.1, 0.15) is 5.02 Å². The lowest BCUT2D eigenvalue weighted by molar-refractivity contribution is 0.192. The van der Waals surface area contributed by atoms with Crippen LogP contribution in [0.3, 0.4) is 0 Å². The molecule has 0 aromatic carbocycles. The predicted molar refractivity (Wildman–Crippen MR) is 86.1 cm³/mol. The minimum Gasteiger partial charge on any atom is -0.387 e. The van der Waals surface area contributed by atoms with Crippen LogP contribution in [0, 0.1) is 5.92 Å². The summed E-state index contributed by atoms with van der Waals surface area (Å²) in [6.45, 7) is 4.80. The number of nitrogens with zero attached hydrogens (tertiary/aromatic N) is 2. The number of halogens is 1. The van der Waals surface area contributed by atoms with Gasteiger partial charge in [-0.1, -0.05) is 25.4 Å². The zero-order valence-electron chi connectivity index (χ0n) is 11.9. The highest BCUT2D eigenvalue weighted by Crippen LogP contribution is 2.19. The van der Waals surface area contributed by atoms with Crippen LogP contribution in [0.5, 0.6) is 0 Å². The van der Waals surface area contributed by atoms with Gasteiger partial charge in [0.05, 0.1) is 18.0 Å². The Balaban J connectivity index is 2.07. The van der Waals surface area contributed by atoms with Gasteiger partial charge in [-0.15, -0.1) is 0 Å². The number of hydrogen-bond acceptors (Lipinski definition) is 5. The van der Waals surface area contributed by atoms with Crippen LogP contribution >= 0.6 is 22.9 Å². The molecule has 0 amide bonds. The molecule has 0 spiro atoms. The normalized spacial score (nSPS) is 12.6. The zero-order valence-corrected chi connectivity index (χ0v) is 13.5. The van der Waals surface area contributed by atoms with Gasteiger partial charge >= 0.3 is 0 Å². The SMILES string of the molecule is CC(C)Cn1ncc(NCC(O)c2ccsc2)c(Cl)c1=O. The van der Waals surface area contributed by atoms with Crippen LogP contribution in [-0.2, 0) is 6.54 Å². The second-order valence-electron chi connectivity index (χ2n) is 5.21. The van der Waals surface area contributed by atoms with Gasteiger partial charge in [-0.25, -0.2) is 4.68 Å². The van der Waals surface area contributed by atoms with E-state index in [1.165, 1.54) is 22.2 Å². The average Bonchev–Trinajstić information content (AvgIpc) is 2.96. The molecule has 5 nitrogen and oxygen atoms in total. The van der Waals surface area contributed by atoms with Crippen molar-refractivity contribution in [3.05, 3.63) is 44.0 Å². The number of hydrogen-bond donors (Lipinski definition) is 2. The molecule has 2 aromatic heterocycles. The Morgan fingerprint density at radius 2 is 2.29 bits per heavy atom. The number of aromatic nitrogens is 2. The fourth-order valence-electron chi connectivity index (χ4n) is 1.85. The number of nitrogens with one attached hydrogen (secondary N) is 1. The van der Waals surface area contributed by atoms with Gasteiger partial charge in [0, 0.05) is 13.1 Å². The maximum Gasteiger partial charge on any atom is 0.287 e. The molecular formula is C14H18ClN3O2S. The van der Waals surface area contributed by atoms with E-state index >= 15 is 0 Å². The molecule has 0 fully saturated rings. The molecule has 0 aliphatic carbocycles. The summed E-state index contributed by atoms with van der Waals surface area (Å²) in [4.78, 5) is 12.1. The molecule has 7 heteroatoms. The van der Waals surface area contributed by atoms with Crippen LogP contribution in [0.15, 0.2) is 27.8 Å². The summed E-state index contributed by atoms with van der Waals surface area (Å²) in [6.07, 6.45) is 0.873. The van der Waals surface area contributed by atoms with Crippen molar-refractivity contribution in [1.82, 2.24) is 9.78 Å². The van der Waals surface area contributed by atoms with Gasteiger partial charge in [-0.05, 0) is 28.3 Å². The van der Waals surface area contributed by atoms with Crippen molar-refractivity contribution >= 4 is 28.6 Å². The highest BCUT2D eigenvalue weighted by atomic mass is 35.5. The van der Waals surface area contributed by atoms with Gasteiger partial charge < -0.3 is 10.4 Å². The van der Waals surface area contributed by atoms with Crippen molar-refractivity contribution in [2.75, 3.05) is 11.9 Å². The molecule has 1 atom stereocenters. The molecule has 0 aliphatic rings. The Kier molecular flexibility index (Phi) is 5.39. The molecule has 2 N–H and O–H groups in total. The van der Waals surface area contributed by atoms with Crippen LogP contribution in [0.25, 0.3) is 0 Å². The molecule has 2 heterocycles. The van der Waals surface area contributed by atoms with Crippen molar-refractivity contribution in [3.63, 3.8) is 0 Å². The standard InChI is InChI=1S/C14H18ClN3O2S/c1-9(2)7-18-14(20)13(15)11(5-17-18)16-6-12(19)10-3-4-21-8-10/h3-5,8-9,12,16,19H,6-7H2,1-2H3. The van der Waals surface area contributed by atoms with E-state index in [2.05, 4.69) is 10.4 Å². The maximum atomic E-state index is 12.1. The monoisotopic (exact) mass is 327 g/mol. The number of rotatable bonds is 6. The van der Waals surface area contributed by atoms with Crippen LogP contribution in [0.4, 0.5) is 5.69 Å². The molecule has 0 saturated carbocycles. The predicted octanol–water partition coefficient (Wildman–Crippen LogP) is 2.76. The number of aliphatic hydroxyl groups is 1. The quantitative estimate of drug-likeness (QED) is 0.856. The van der Waals surface area contributed by atoms with Gasteiger partial charge in [0.2, 0.25) is 0 Å². The first-order chi connectivity index (χ1) is 9.99. The molecule has 21 heavy (non-hydrogen) atoms. The molecule has 0 radical (unpaired) electrons. The number of thiophene rings is 1. The first-order valence-electron chi connectivity index (χ1n) is 6.68. The van der Waals surface area contributed by atoms with E-state index in [1.807, 2.05) is 30.7 Å². The van der Waals surface area contributed by atoms with Crippen LogP contribution in [-0.4, -0.2) is 21.4 Å². The van der Waals surface area contributed by atoms with Crippen molar-refractivity contribution < 1.29 is 5.11 Å². The smallest absolute Gasteiger partial charge is 0.287 e. The second-order valence-corrected chi connectivity index (χ2v) is 6.36. The topological polar surface area (TPSA) is 67.2 Å². The van der Waals surface area contributed by atoms with Gasteiger partial charge in [-0.2, -0.15) is 16.4 Å². The van der Waals surface area contributed by atoms with Crippen LogP contribution in [0.2, 0.25) is 5.02 Å². The maximum absolute atomic E-state index is 12.1. The summed E-state index contributed by atoms with van der Waals surface area (Å²) < 4.78 is 1.35. The van der Waals surface area contributed by atoms with E-state index in [1.54, 1.807) is 0 Å². The molecule has 2 aromatic rings. The average molecular weight is 328 g/mol. The number of aliphatic hydroxyl groups excluding tert-OH is 1. The highest BCUT2D eigenvalue weighted by molar-refractivity contribution is 7.07. The van der Waals surface area contributed by atoms with E-state index in [4.69, 9.17) is 11.6 Å². The van der Waals surface area contributed by atoms with E-state index in [-0.39, 0.29) is 17.1 Å². The molecule has 0 bridgehead atoms. The number of anilines is 1. The van der Waals surface area contributed by atoms with E-state index < -0.39 is 6.10 Å². The van der Waals surface area contributed by atoms with Gasteiger partial charge in [-0.3, -0.25) is 4.79 Å². The molecule has 2 rings (SSSR count). The lowest BCUT2D eigenvalue weighted by Crippen LogP contribution is -2.26. The Bertz CT molecular complexity index is 640. The molecule has 114 valence electrons. The lowest BCUT2D eigenvalue weighted by Gasteiger charge is -2.14. The Morgan fingerprint density at radius 3 is 2.90 bits per heavy atom. The summed E-state index contributed by atoms with van der Waals surface area (Å²) in [6, 6.07) is 1.86. The summed E-state index contributed by atoms with van der Waals surface area (Å²) >= 11 is 7.60. The third-order valence-corrected chi connectivity index (χ3v) is 4.00. The minimum absolute atomic E-state index is 0.100. The van der Waals surface area contributed by atoms with Gasteiger partial charge in [0.25, 0.3) is 5.56 Å². The van der Waals surface area contributed by atoms with Gasteiger partial charge in [0.15, 0.2) is 0 Å².